The van der Waals surface area contributed by atoms with E-state index in [0.29, 0.717) is 17.2 Å². The topological polar surface area (TPSA) is 57.4 Å². The van der Waals surface area contributed by atoms with E-state index in [1.54, 1.807) is 19.2 Å². The van der Waals surface area contributed by atoms with Gasteiger partial charge in [0.05, 0.1) is 12.8 Å². The van der Waals surface area contributed by atoms with Gasteiger partial charge in [-0.25, -0.2) is 4.39 Å². The van der Waals surface area contributed by atoms with Gasteiger partial charge in [0.15, 0.2) is 0 Å². The minimum absolute atomic E-state index is 0.0177. The summed E-state index contributed by atoms with van der Waals surface area (Å²) < 4.78 is 24.4. The molecule has 2 aromatic rings. The number of nitrogens with zero attached hydrogens (tertiary/aromatic N) is 1. The first-order valence-electron chi connectivity index (χ1n) is 6.23. The van der Waals surface area contributed by atoms with Crippen LogP contribution in [0.4, 0.5) is 4.39 Å². The predicted molar refractivity (Wildman–Crippen MR) is 82.1 cm³/mol. The Morgan fingerprint density at radius 3 is 2.67 bits per heavy atom. The van der Waals surface area contributed by atoms with Crippen molar-refractivity contribution in [1.82, 2.24) is 4.98 Å². The van der Waals surface area contributed by atoms with Crippen LogP contribution in [0.15, 0.2) is 30.3 Å². The molecule has 1 aromatic heterocycles. The Hall–Kier alpha value is -2.21. The lowest BCUT2D eigenvalue weighted by Crippen LogP contribution is -2.11. The van der Waals surface area contributed by atoms with E-state index in [9.17, 15) is 4.39 Å². The summed E-state index contributed by atoms with van der Waals surface area (Å²) in [5, 5.41) is 0. The second-order valence-corrected chi connectivity index (χ2v) is 4.87. The molecule has 0 fully saturated rings. The van der Waals surface area contributed by atoms with Gasteiger partial charge in [-0.1, -0.05) is 12.2 Å². The lowest BCUT2D eigenvalue weighted by molar-refractivity contribution is 0.298. The molecular weight excluding hydrogens is 291 g/mol. The highest BCUT2D eigenvalue weighted by Gasteiger charge is 2.07. The highest BCUT2D eigenvalue weighted by Crippen LogP contribution is 2.19. The van der Waals surface area contributed by atoms with Gasteiger partial charge in [0.1, 0.15) is 28.9 Å². The number of rotatable bonds is 5. The molecule has 0 unspecified atom stereocenters. The maximum Gasteiger partial charge on any atom is 0.137 e. The van der Waals surface area contributed by atoms with Crippen molar-refractivity contribution in [3.8, 4) is 11.5 Å². The molecule has 1 aromatic carbocycles. The van der Waals surface area contributed by atoms with Crippen molar-refractivity contribution >= 4 is 17.2 Å². The second kappa shape index (κ2) is 6.49. The van der Waals surface area contributed by atoms with Crippen LogP contribution in [0.2, 0.25) is 0 Å². The SMILES string of the molecule is COc1cc(C)nc(COc2ccc(C(N)=S)c(F)c2)c1. The number of thiocarbonyl (C=S) groups is 1. The number of hydrogen-bond donors (Lipinski definition) is 1. The lowest BCUT2D eigenvalue weighted by atomic mass is 10.2. The van der Waals surface area contributed by atoms with E-state index in [2.05, 4.69) is 4.98 Å². The lowest BCUT2D eigenvalue weighted by Gasteiger charge is -2.09. The quantitative estimate of drug-likeness (QED) is 0.861. The zero-order chi connectivity index (χ0) is 15.4. The first-order chi connectivity index (χ1) is 9.99. The van der Waals surface area contributed by atoms with E-state index in [4.69, 9.17) is 27.4 Å². The number of aromatic nitrogens is 1. The van der Waals surface area contributed by atoms with Crippen molar-refractivity contribution in [2.45, 2.75) is 13.5 Å². The van der Waals surface area contributed by atoms with Crippen LogP contribution in [-0.2, 0) is 6.61 Å². The van der Waals surface area contributed by atoms with Gasteiger partial charge in [0.25, 0.3) is 0 Å². The molecule has 0 spiro atoms. The molecular formula is C15H15FN2O2S. The highest BCUT2D eigenvalue weighted by molar-refractivity contribution is 7.80. The summed E-state index contributed by atoms with van der Waals surface area (Å²) in [5.41, 5.74) is 7.13. The van der Waals surface area contributed by atoms with Crippen LogP contribution in [-0.4, -0.2) is 17.1 Å². The number of halogens is 1. The molecule has 0 atom stereocenters. The third-order valence-electron chi connectivity index (χ3n) is 2.81. The Bertz CT molecular complexity index is 677. The highest BCUT2D eigenvalue weighted by atomic mass is 32.1. The molecule has 0 aliphatic rings. The molecule has 6 heteroatoms. The van der Waals surface area contributed by atoms with Crippen molar-refractivity contribution in [2.24, 2.45) is 5.73 Å². The fraction of sp³-hybridized carbons (Fsp3) is 0.200. The molecule has 4 nitrogen and oxygen atoms in total. The molecule has 110 valence electrons. The first-order valence-corrected chi connectivity index (χ1v) is 6.64. The second-order valence-electron chi connectivity index (χ2n) is 4.43. The van der Waals surface area contributed by atoms with E-state index in [1.807, 2.05) is 13.0 Å². The van der Waals surface area contributed by atoms with Gasteiger partial charge >= 0.3 is 0 Å². The molecule has 0 aliphatic carbocycles. The summed E-state index contributed by atoms with van der Waals surface area (Å²) in [5.74, 6) is 0.584. The van der Waals surface area contributed by atoms with Gasteiger partial charge in [0.2, 0.25) is 0 Å². The third kappa shape index (κ3) is 3.88. The number of nitrogens with two attached hydrogens (primary N) is 1. The molecule has 0 saturated heterocycles. The van der Waals surface area contributed by atoms with E-state index >= 15 is 0 Å². The molecule has 1 heterocycles. The summed E-state index contributed by atoms with van der Waals surface area (Å²) >= 11 is 4.75. The van der Waals surface area contributed by atoms with Crippen LogP contribution in [0.5, 0.6) is 11.5 Å². The average molecular weight is 306 g/mol. The number of benzene rings is 1. The predicted octanol–water partition coefficient (Wildman–Crippen LogP) is 2.75. The zero-order valence-electron chi connectivity index (χ0n) is 11.7. The fourth-order valence-electron chi connectivity index (χ4n) is 1.84. The largest absolute Gasteiger partial charge is 0.497 e. The summed E-state index contributed by atoms with van der Waals surface area (Å²) in [4.78, 5) is 4.34. The minimum atomic E-state index is -0.505. The normalized spacial score (nSPS) is 10.2. The van der Waals surface area contributed by atoms with Gasteiger partial charge in [-0.3, -0.25) is 4.98 Å². The van der Waals surface area contributed by atoms with Gasteiger partial charge in [-0.15, -0.1) is 0 Å². The van der Waals surface area contributed by atoms with Crippen LogP contribution in [0.25, 0.3) is 0 Å². The Labute approximate surface area is 127 Å². The van der Waals surface area contributed by atoms with Gasteiger partial charge < -0.3 is 15.2 Å². The zero-order valence-corrected chi connectivity index (χ0v) is 12.5. The Morgan fingerprint density at radius 2 is 2.05 bits per heavy atom. The number of aryl methyl sites for hydroxylation is 1. The molecule has 2 N–H and O–H groups in total. The number of methoxy groups -OCH3 is 1. The maximum absolute atomic E-state index is 13.7. The summed E-state index contributed by atoms with van der Waals surface area (Å²) in [7, 11) is 1.59. The fourth-order valence-corrected chi connectivity index (χ4v) is 2.00. The third-order valence-corrected chi connectivity index (χ3v) is 3.03. The van der Waals surface area contributed by atoms with Crippen molar-refractivity contribution in [3.63, 3.8) is 0 Å². The molecule has 2 rings (SSSR count). The van der Waals surface area contributed by atoms with Crippen molar-refractivity contribution in [2.75, 3.05) is 7.11 Å². The molecule has 0 amide bonds. The number of hydrogen-bond acceptors (Lipinski definition) is 4. The molecule has 0 saturated carbocycles. The summed E-state index contributed by atoms with van der Waals surface area (Å²) in [6.07, 6.45) is 0. The van der Waals surface area contributed by atoms with Crippen LogP contribution >= 0.6 is 12.2 Å². The first kappa shape index (κ1) is 15.2. The average Bonchev–Trinajstić information content (AvgIpc) is 2.44. The van der Waals surface area contributed by atoms with Crippen LogP contribution in [0.1, 0.15) is 17.0 Å². The molecule has 0 radical (unpaired) electrons. The van der Waals surface area contributed by atoms with E-state index in [1.165, 1.54) is 12.1 Å². The monoisotopic (exact) mass is 306 g/mol. The molecule has 0 aliphatic heterocycles. The smallest absolute Gasteiger partial charge is 0.137 e. The van der Waals surface area contributed by atoms with Crippen LogP contribution in [0, 0.1) is 12.7 Å². The van der Waals surface area contributed by atoms with E-state index < -0.39 is 5.82 Å². The number of pyridine rings is 1. The standard InChI is InChI=1S/C15H15FN2O2S/c1-9-5-12(19-2)6-10(18-9)8-20-11-3-4-13(15(17)21)14(16)7-11/h3-7H,8H2,1-2H3,(H2,17,21). The van der Waals surface area contributed by atoms with E-state index in [-0.39, 0.29) is 17.2 Å². The summed E-state index contributed by atoms with van der Waals surface area (Å²) in [6.45, 7) is 2.08. The Kier molecular flexibility index (Phi) is 4.70. The Morgan fingerprint density at radius 1 is 1.29 bits per heavy atom. The Balaban J connectivity index is 2.11. The number of ether oxygens (including phenoxy) is 2. The van der Waals surface area contributed by atoms with Crippen LogP contribution < -0.4 is 15.2 Å². The van der Waals surface area contributed by atoms with Gasteiger partial charge in [-0.05, 0) is 19.1 Å². The minimum Gasteiger partial charge on any atom is -0.497 e. The molecule has 21 heavy (non-hydrogen) atoms. The van der Waals surface area contributed by atoms with Crippen LogP contribution in [0.3, 0.4) is 0 Å². The summed E-state index contributed by atoms with van der Waals surface area (Å²) in [6, 6.07) is 7.95. The van der Waals surface area contributed by atoms with Crippen molar-refractivity contribution < 1.29 is 13.9 Å². The molecule has 0 bridgehead atoms. The van der Waals surface area contributed by atoms with Gasteiger partial charge in [-0.2, -0.15) is 0 Å². The van der Waals surface area contributed by atoms with Crippen molar-refractivity contribution in [1.29, 1.82) is 0 Å². The van der Waals surface area contributed by atoms with Gasteiger partial charge in [0, 0.05) is 29.5 Å². The van der Waals surface area contributed by atoms with E-state index in [0.717, 1.165) is 5.69 Å². The van der Waals surface area contributed by atoms with Crippen molar-refractivity contribution in [3.05, 3.63) is 53.1 Å². The maximum atomic E-state index is 13.7.